The standard InChI is InChI=1S/C24H23N3O6S/c1-14-16(3)33-26-23(14)27(13-32-4)34(30,31)21-8-6-5-7-17(21)18-9-10-20(24(28)29)19-11-12-25-15(2)22(18)19/h5-12H,13H2,1-4H3,(H,28,29). The molecule has 2 aromatic heterocycles. The molecule has 176 valence electrons. The summed E-state index contributed by atoms with van der Waals surface area (Å²) in [5.41, 5.74) is 2.22. The van der Waals surface area contributed by atoms with E-state index in [-0.39, 0.29) is 23.0 Å². The number of carbonyl (C=O) groups is 1. The number of hydrogen-bond acceptors (Lipinski definition) is 7. The van der Waals surface area contributed by atoms with E-state index in [2.05, 4.69) is 10.1 Å². The molecule has 0 atom stereocenters. The number of rotatable bonds is 7. The fourth-order valence-corrected chi connectivity index (χ4v) is 5.50. The Hall–Kier alpha value is -3.76. The van der Waals surface area contributed by atoms with Gasteiger partial charge in [0.15, 0.2) is 5.82 Å². The van der Waals surface area contributed by atoms with Crippen molar-refractivity contribution >= 4 is 32.6 Å². The molecule has 0 bridgehead atoms. The molecule has 0 aliphatic heterocycles. The van der Waals surface area contributed by atoms with Crippen molar-refractivity contribution in [2.45, 2.75) is 25.7 Å². The van der Waals surface area contributed by atoms with E-state index in [1.165, 1.54) is 25.4 Å². The second-order valence-electron chi connectivity index (χ2n) is 7.74. The lowest BCUT2D eigenvalue weighted by Crippen LogP contribution is -2.34. The molecule has 0 radical (unpaired) electrons. The summed E-state index contributed by atoms with van der Waals surface area (Å²) in [6.07, 6.45) is 1.53. The van der Waals surface area contributed by atoms with Crippen LogP contribution in [0.15, 0.2) is 58.1 Å². The molecule has 0 fully saturated rings. The largest absolute Gasteiger partial charge is 0.478 e. The fraction of sp³-hybridized carbons (Fsp3) is 0.208. The van der Waals surface area contributed by atoms with Crippen molar-refractivity contribution in [3.05, 3.63) is 71.2 Å². The monoisotopic (exact) mass is 481 g/mol. The Morgan fingerprint density at radius 3 is 2.47 bits per heavy atom. The second-order valence-corrected chi connectivity index (χ2v) is 9.57. The topological polar surface area (TPSA) is 123 Å². The normalized spacial score (nSPS) is 11.6. The number of carboxylic acid groups (broad SMARTS) is 1. The summed E-state index contributed by atoms with van der Waals surface area (Å²) >= 11 is 0. The summed E-state index contributed by atoms with van der Waals surface area (Å²) in [5.74, 6) is -0.444. The van der Waals surface area contributed by atoms with Gasteiger partial charge in [0.2, 0.25) is 0 Å². The van der Waals surface area contributed by atoms with Crippen molar-refractivity contribution in [1.29, 1.82) is 0 Å². The highest BCUT2D eigenvalue weighted by Gasteiger charge is 2.32. The number of anilines is 1. The van der Waals surface area contributed by atoms with Crippen molar-refractivity contribution in [3.63, 3.8) is 0 Å². The third-order valence-corrected chi connectivity index (χ3v) is 7.48. The van der Waals surface area contributed by atoms with E-state index in [0.717, 1.165) is 4.31 Å². The molecule has 9 nitrogen and oxygen atoms in total. The van der Waals surface area contributed by atoms with Crippen LogP contribution in [-0.2, 0) is 14.8 Å². The number of pyridine rings is 1. The fourth-order valence-electron chi connectivity index (χ4n) is 3.91. The number of benzene rings is 2. The van der Waals surface area contributed by atoms with Crippen LogP contribution in [0.3, 0.4) is 0 Å². The van der Waals surface area contributed by atoms with Crippen molar-refractivity contribution < 1.29 is 27.6 Å². The summed E-state index contributed by atoms with van der Waals surface area (Å²) in [4.78, 5) is 16.1. The molecule has 0 unspecified atom stereocenters. The minimum Gasteiger partial charge on any atom is -0.478 e. The first kappa shape index (κ1) is 23.4. The SMILES string of the molecule is COCN(c1noc(C)c1C)S(=O)(=O)c1ccccc1-c1ccc(C(=O)O)c2ccnc(C)c12. The third kappa shape index (κ3) is 3.80. The van der Waals surface area contributed by atoms with E-state index >= 15 is 0 Å². The molecular weight excluding hydrogens is 458 g/mol. The summed E-state index contributed by atoms with van der Waals surface area (Å²) in [6, 6.07) is 11.2. The highest BCUT2D eigenvalue weighted by Crippen LogP contribution is 2.38. The summed E-state index contributed by atoms with van der Waals surface area (Å²) in [6.45, 7) is 4.90. The van der Waals surface area contributed by atoms with E-state index < -0.39 is 16.0 Å². The molecule has 0 saturated heterocycles. The maximum atomic E-state index is 13.9. The number of sulfonamides is 1. The molecule has 4 rings (SSSR count). The van der Waals surface area contributed by atoms with Gasteiger partial charge >= 0.3 is 5.97 Å². The number of methoxy groups -OCH3 is 1. The summed E-state index contributed by atoms with van der Waals surface area (Å²) in [7, 11) is -2.77. The molecule has 2 heterocycles. The molecule has 0 saturated carbocycles. The number of hydrogen-bond donors (Lipinski definition) is 1. The molecular formula is C24H23N3O6S. The second kappa shape index (κ2) is 8.88. The average Bonchev–Trinajstić information content (AvgIpc) is 3.14. The van der Waals surface area contributed by atoms with Gasteiger partial charge in [-0.15, -0.1) is 0 Å². The zero-order valence-corrected chi connectivity index (χ0v) is 19.9. The first-order chi connectivity index (χ1) is 16.2. The number of aryl methyl sites for hydroxylation is 2. The molecule has 34 heavy (non-hydrogen) atoms. The van der Waals surface area contributed by atoms with E-state index in [1.54, 1.807) is 51.1 Å². The minimum atomic E-state index is -4.16. The van der Waals surface area contributed by atoms with E-state index in [4.69, 9.17) is 9.26 Å². The van der Waals surface area contributed by atoms with Gasteiger partial charge in [0.05, 0.1) is 10.5 Å². The van der Waals surface area contributed by atoms with Gasteiger partial charge in [0, 0.05) is 40.9 Å². The van der Waals surface area contributed by atoms with E-state index in [0.29, 0.717) is 38.9 Å². The van der Waals surface area contributed by atoms with Crippen LogP contribution in [0.1, 0.15) is 27.4 Å². The summed E-state index contributed by atoms with van der Waals surface area (Å²) in [5, 5.41) is 14.6. The van der Waals surface area contributed by atoms with Crippen LogP contribution < -0.4 is 4.31 Å². The number of aromatic carboxylic acids is 1. The molecule has 4 aromatic rings. The molecule has 2 aromatic carbocycles. The van der Waals surface area contributed by atoms with Gasteiger partial charge in [-0.2, -0.15) is 0 Å². The van der Waals surface area contributed by atoms with Crippen LogP contribution in [0.25, 0.3) is 21.9 Å². The molecule has 0 spiro atoms. The zero-order chi connectivity index (χ0) is 24.6. The van der Waals surface area contributed by atoms with E-state index in [9.17, 15) is 18.3 Å². The first-order valence-electron chi connectivity index (χ1n) is 10.3. The highest BCUT2D eigenvalue weighted by atomic mass is 32.2. The van der Waals surface area contributed by atoms with Gasteiger partial charge in [0.1, 0.15) is 12.5 Å². The number of fused-ring (bicyclic) bond motifs is 1. The lowest BCUT2D eigenvalue weighted by Gasteiger charge is -2.23. The Morgan fingerprint density at radius 1 is 1.09 bits per heavy atom. The van der Waals surface area contributed by atoms with Gasteiger partial charge in [-0.25, -0.2) is 17.5 Å². The van der Waals surface area contributed by atoms with Crippen LogP contribution in [0.2, 0.25) is 0 Å². The molecule has 0 aliphatic rings. The Morgan fingerprint density at radius 2 is 1.82 bits per heavy atom. The molecule has 10 heteroatoms. The van der Waals surface area contributed by atoms with Gasteiger partial charge in [-0.3, -0.25) is 4.98 Å². The Balaban J connectivity index is 1.99. The van der Waals surface area contributed by atoms with Gasteiger partial charge < -0.3 is 14.4 Å². The number of carboxylic acids is 1. The zero-order valence-electron chi connectivity index (χ0n) is 19.1. The highest BCUT2D eigenvalue weighted by molar-refractivity contribution is 7.93. The first-order valence-corrected chi connectivity index (χ1v) is 11.8. The van der Waals surface area contributed by atoms with Crippen LogP contribution >= 0.6 is 0 Å². The number of ether oxygens (including phenoxy) is 1. The van der Waals surface area contributed by atoms with Crippen LogP contribution in [0.4, 0.5) is 5.82 Å². The maximum absolute atomic E-state index is 13.9. The Labute approximate surface area is 196 Å². The van der Waals surface area contributed by atoms with Gasteiger partial charge in [-0.05, 0) is 44.5 Å². The predicted molar refractivity (Wildman–Crippen MR) is 126 cm³/mol. The maximum Gasteiger partial charge on any atom is 0.336 e. The summed E-state index contributed by atoms with van der Waals surface area (Å²) < 4.78 is 39.3. The van der Waals surface area contributed by atoms with Crippen molar-refractivity contribution in [3.8, 4) is 11.1 Å². The molecule has 1 N–H and O–H groups in total. The third-order valence-electron chi connectivity index (χ3n) is 5.71. The van der Waals surface area contributed by atoms with Gasteiger partial charge in [0.25, 0.3) is 10.0 Å². The van der Waals surface area contributed by atoms with Crippen molar-refractivity contribution in [1.82, 2.24) is 10.1 Å². The number of aromatic nitrogens is 2. The minimum absolute atomic E-state index is 0.0136. The Kier molecular flexibility index (Phi) is 6.11. The quantitative estimate of drug-likeness (QED) is 0.387. The lowest BCUT2D eigenvalue weighted by molar-refractivity contribution is 0.0699. The molecule has 0 amide bonds. The predicted octanol–water partition coefficient (Wildman–Crippen LogP) is 4.31. The van der Waals surface area contributed by atoms with Crippen molar-refractivity contribution in [2.75, 3.05) is 18.1 Å². The van der Waals surface area contributed by atoms with Crippen LogP contribution in [0, 0.1) is 20.8 Å². The average molecular weight is 482 g/mol. The van der Waals surface area contributed by atoms with E-state index in [1.807, 2.05) is 0 Å². The number of nitrogens with zero attached hydrogens (tertiary/aromatic N) is 3. The van der Waals surface area contributed by atoms with Crippen LogP contribution in [-0.4, -0.2) is 43.5 Å². The lowest BCUT2D eigenvalue weighted by atomic mass is 9.94. The van der Waals surface area contributed by atoms with Crippen LogP contribution in [0.5, 0.6) is 0 Å². The molecule has 0 aliphatic carbocycles. The Bertz CT molecular complexity index is 1510. The van der Waals surface area contributed by atoms with Gasteiger partial charge in [-0.1, -0.05) is 29.4 Å². The van der Waals surface area contributed by atoms with Crippen molar-refractivity contribution in [2.24, 2.45) is 0 Å². The smallest absolute Gasteiger partial charge is 0.336 e.